The standard InChI is InChI=1S/C10H14N2O4S/c1-12(17(3,14)15)9-6-7(10(13)16-2)4-5-8(9)11/h4-6H,11H2,1-3H3. The van der Waals surface area contributed by atoms with Crippen molar-refractivity contribution in [1.29, 1.82) is 0 Å². The van der Waals surface area contributed by atoms with Gasteiger partial charge in [-0.15, -0.1) is 0 Å². The second kappa shape index (κ2) is 4.62. The largest absolute Gasteiger partial charge is 0.465 e. The molecule has 0 amide bonds. The zero-order valence-corrected chi connectivity index (χ0v) is 10.6. The Hall–Kier alpha value is -1.76. The first-order valence-corrected chi connectivity index (χ1v) is 6.54. The van der Waals surface area contributed by atoms with Crippen molar-refractivity contribution in [1.82, 2.24) is 0 Å². The minimum Gasteiger partial charge on any atom is -0.465 e. The molecule has 1 aromatic rings. The lowest BCUT2D eigenvalue weighted by atomic mass is 10.2. The number of nitrogen functional groups attached to an aromatic ring is 1. The number of hydrogen-bond acceptors (Lipinski definition) is 5. The van der Waals surface area contributed by atoms with E-state index in [-0.39, 0.29) is 16.9 Å². The van der Waals surface area contributed by atoms with Gasteiger partial charge in [0.25, 0.3) is 0 Å². The number of esters is 1. The molecule has 0 aliphatic heterocycles. The normalized spacial score (nSPS) is 11.0. The molecule has 2 N–H and O–H groups in total. The van der Waals surface area contributed by atoms with Crippen LogP contribution in [0.4, 0.5) is 11.4 Å². The van der Waals surface area contributed by atoms with Gasteiger partial charge in [0.05, 0.1) is 30.3 Å². The van der Waals surface area contributed by atoms with E-state index >= 15 is 0 Å². The van der Waals surface area contributed by atoms with Crippen LogP contribution in [0.5, 0.6) is 0 Å². The lowest BCUT2D eigenvalue weighted by Gasteiger charge is -2.19. The number of rotatable bonds is 3. The van der Waals surface area contributed by atoms with Crippen molar-refractivity contribution in [3.8, 4) is 0 Å². The summed E-state index contributed by atoms with van der Waals surface area (Å²) in [7, 11) is -0.815. The molecule has 0 aliphatic carbocycles. The molecular weight excluding hydrogens is 244 g/mol. The maximum atomic E-state index is 11.4. The van der Waals surface area contributed by atoms with Crippen molar-refractivity contribution in [2.24, 2.45) is 0 Å². The van der Waals surface area contributed by atoms with Crippen LogP contribution in [0, 0.1) is 0 Å². The molecule has 0 bridgehead atoms. The molecule has 0 unspecified atom stereocenters. The fourth-order valence-corrected chi connectivity index (χ4v) is 1.76. The van der Waals surface area contributed by atoms with Crippen LogP contribution in [0.25, 0.3) is 0 Å². The molecule has 17 heavy (non-hydrogen) atoms. The molecule has 0 heterocycles. The fraction of sp³-hybridized carbons (Fsp3) is 0.300. The molecule has 0 aromatic heterocycles. The van der Waals surface area contributed by atoms with E-state index in [0.29, 0.717) is 0 Å². The first-order chi connectivity index (χ1) is 7.77. The van der Waals surface area contributed by atoms with Gasteiger partial charge in [-0.25, -0.2) is 13.2 Å². The highest BCUT2D eigenvalue weighted by atomic mass is 32.2. The minimum absolute atomic E-state index is 0.243. The Morgan fingerprint density at radius 1 is 1.41 bits per heavy atom. The summed E-state index contributed by atoms with van der Waals surface area (Å²) in [5, 5.41) is 0. The van der Waals surface area contributed by atoms with Crippen LogP contribution in [0.15, 0.2) is 18.2 Å². The predicted octanol–water partition coefficient (Wildman–Crippen LogP) is 0.451. The van der Waals surface area contributed by atoms with Gasteiger partial charge in [0.1, 0.15) is 0 Å². The van der Waals surface area contributed by atoms with Crippen LogP contribution in [0.3, 0.4) is 0 Å². The predicted molar refractivity (Wildman–Crippen MR) is 65.4 cm³/mol. The molecule has 0 aliphatic rings. The lowest BCUT2D eigenvalue weighted by molar-refractivity contribution is 0.0601. The van der Waals surface area contributed by atoms with Gasteiger partial charge in [-0.1, -0.05) is 0 Å². The number of nitrogens with two attached hydrogens (primary N) is 1. The third-order valence-electron chi connectivity index (χ3n) is 2.29. The van der Waals surface area contributed by atoms with Gasteiger partial charge in [-0.3, -0.25) is 4.31 Å². The number of benzene rings is 1. The Bertz CT molecular complexity index is 539. The molecule has 0 spiro atoms. The summed E-state index contributed by atoms with van der Waals surface area (Å²) in [6, 6.07) is 4.31. The van der Waals surface area contributed by atoms with E-state index in [1.165, 1.54) is 32.4 Å². The second-order valence-corrected chi connectivity index (χ2v) is 5.51. The highest BCUT2D eigenvalue weighted by Gasteiger charge is 2.17. The number of carbonyl (C=O) groups is 1. The number of methoxy groups -OCH3 is 1. The van der Waals surface area contributed by atoms with Gasteiger partial charge in [-0.05, 0) is 18.2 Å². The summed E-state index contributed by atoms with van der Waals surface area (Å²) in [4.78, 5) is 11.3. The molecule has 0 fully saturated rings. The van der Waals surface area contributed by atoms with Crippen molar-refractivity contribution in [3.63, 3.8) is 0 Å². The Balaban J connectivity index is 3.29. The number of anilines is 2. The van der Waals surface area contributed by atoms with E-state index in [1.54, 1.807) is 0 Å². The second-order valence-electron chi connectivity index (χ2n) is 3.50. The van der Waals surface area contributed by atoms with Gasteiger partial charge >= 0.3 is 5.97 Å². The van der Waals surface area contributed by atoms with Crippen LogP contribution < -0.4 is 10.0 Å². The zero-order valence-electron chi connectivity index (χ0n) is 9.80. The first kappa shape index (κ1) is 13.3. The Morgan fingerprint density at radius 2 is 2.00 bits per heavy atom. The molecule has 0 atom stereocenters. The molecule has 7 heteroatoms. The maximum Gasteiger partial charge on any atom is 0.337 e. The van der Waals surface area contributed by atoms with E-state index in [0.717, 1.165) is 10.6 Å². The highest BCUT2D eigenvalue weighted by molar-refractivity contribution is 7.92. The molecule has 1 rings (SSSR count). The van der Waals surface area contributed by atoms with E-state index in [1.807, 2.05) is 0 Å². The Kier molecular flexibility index (Phi) is 3.62. The van der Waals surface area contributed by atoms with Crippen molar-refractivity contribution < 1.29 is 17.9 Å². The quantitative estimate of drug-likeness (QED) is 0.628. The third kappa shape index (κ3) is 2.88. The van der Waals surface area contributed by atoms with Crippen LogP contribution in [-0.2, 0) is 14.8 Å². The zero-order chi connectivity index (χ0) is 13.2. The van der Waals surface area contributed by atoms with Crippen LogP contribution in [0.1, 0.15) is 10.4 Å². The number of nitrogens with zero attached hydrogens (tertiary/aromatic N) is 1. The summed E-state index contributed by atoms with van der Waals surface area (Å²) in [6.45, 7) is 0. The Labute approximate surface area is 100 Å². The number of ether oxygens (including phenoxy) is 1. The first-order valence-electron chi connectivity index (χ1n) is 4.69. The van der Waals surface area contributed by atoms with E-state index < -0.39 is 16.0 Å². The van der Waals surface area contributed by atoms with E-state index in [2.05, 4.69) is 4.74 Å². The molecule has 0 saturated carbocycles. The summed E-state index contributed by atoms with van der Waals surface area (Å²) in [6.07, 6.45) is 1.05. The summed E-state index contributed by atoms with van der Waals surface area (Å²) in [5.41, 5.74) is 6.43. The smallest absolute Gasteiger partial charge is 0.337 e. The summed E-state index contributed by atoms with van der Waals surface area (Å²) >= 11 is 0. The van der Waals surface area contributed by atoms with Gasteiger partial charge in [0, 0.05) is 7.05 Å². The highest BCUT2D eigenvalue weighted by Crippen LogP contribution is 2.25. The molecule has 1 aromatic carbocycles. The number of sulfonamides is 1. The topological polar surface area (TPSA) is 89.7 Å². The van der Waals surface area contributed by atoms with Crippen molar-refractivity contribution in [2.45, 2.75) is 0 Å². The molecule has 94 valence electrons. The van der Waals surface area contributed by atoms with Crippen LogP contribution >= 0.6 is 0 Å². The van der Waals surface area contributed by atoms with Crippen LogP contribution in [-0.4, -0.2) is 34.8 Å². The van der Waals surface area contributed by atoms with Crippen molar-refractivity contribution in [2.75, 3.05) is 30.5 Å². The van der Waals surface area contributed by atoms with E-state index in [9.17, 15) is 13.2 Å². The summed E-state index contributed by atoms with van der Waals surface area (Å²) in [5.74, 6) is -0.548. The van der Waals surface area contributed by atoms with Gasteiger partial charge in [-0.2, -0.15) is 0 Å². The molecule has 6 nitrogen and oxygen atoms in total. The monoisotopic (exact) mass is 258 g/mol. The van der Waals surface area contributed by atoms with Crippen molar-refractivity contribution >= 4 is 27.4 Å². The third-order valence-corrected chi connectivity index (χ3v) is 3.48. The van der Waals surface area contributed by atoms with Gasteiger partial charge < -0.3 is 10.5 Å². The number of carbonyl (C=O) groups excluding carboxylic acids is 1. The van der Waals surface area contributed by atoms with Crippen molar-refractivity contribution in [3.05, 3.63) is 23.8 Å². The van der Waals surface area contributed by atoms with E-state index in [4.69, 9.17) is 5.73 Å². The number of hydrogen-bond donors (Lipinski definition) is 1. The fourth-order valence-electron chi connectivity index (χ4n) is 1.24. The summed E-state index contributed by atoms with van der Waals surface area (Å²) < 4.78 is 28.3. The maximum absolute atomic E-state index is 11.4. The Morgan fingerprint density at radius 3 is 2.47 bits per heavy atom. The molecule has 0 saturated heterocycles. The minimum atomic E-state index is -3.43. The molecular formula is C10H14N2O4S. The average molecular weight is 258 g/mol. The van der Waals surface area contributed by atoms with Gasteiger partial charge in [0.15, 0.2) is 0 Å². The molecule has 0 radical (unpaired) electrons. The lowest BCUT2D eigenvalue weighted by Crippen LogP contribution is -2.26. The van der Waals surface area contributed by atoms with Gasteiger partial charge in [0.2, 0.25) is 10.0 Å². The average Bonchev–Trinajstić information content (AvgIpc) is 2.26. The SMILES string of the molecule is COC(=O)c1ccc(N)c(N(C)S(C)(=O)=O)c1. The van der Waals surface area contributed by atoms with Crippen LogP contribution in [0.2, 0.25) is 0 Å².